The van der Waals surface area contributed by atoms with E-state index < -0.39 is 0 Å². The third-order valence-corrected chi connectivity index (χ3v) is 5.41. The van der Waals surface area contributed by atoms with Crippen molar-refractivity contribution in [2.45, 2.75) is 57.7 Å². The fourth-order valence-electron chi connectivity index (χ4n) is 3.68. The number of nitrogens with one attached hydrogen (secondary N) is 1. The molecule has 3 nitrogen and oxygen atoms in total. The van der Waals surface area contributed by atoms with Crippen molar-refractivity contribution in [2.24, 2.45) is 0 Å². The molecule has 0 spiro atoms. The van der Waals surface area contributed by atoms with Crippen LogP contribution in [-0.2, 0) is 6.42 Å². The third kappa shape index (κ3) is 2.95. The van der Waals surface area contributed by atoms with Gasteiger partial charge in [0.2, 0.25) is 0 Å². The van der Waals surface area contributed by atoms with E-state index >= 15 is 0 Å². The molecule has 116 valence electrons. The lowest BCUT2D eigenvalue weighted by Crippen LogP contribution is -2.64. The molecule has 0 saturated carbocycles. The van der Waals surface area contributed by atoms with E-state index in [0.717, 1.165) is 31.8 Å². The topological polar surface area (TPSA) is 24.5 Å². The Balaban J connectivity index is 1.65. The zero-order valence-electron chi connectivity index (χ0n) is 13.6. The van der Waals surface area contributed by atoms with Crippen LogP contribution >= 0.6 is 0 Å². The molecule has 3 heteroatoms. The van der Waals surface area contributed by atoms with E-state index in [1.165, 1.54) is 18.4 Å². The quantitative estimate of drug-likeness (QED) is 0.922. The summed E-state index contributed by atoms with van der Waals surface area (Å²) in [6, 6.07) is 9.05. The molecule has 21 heavy (non-hydrogen) atoms. The molecule has 2 unspecified atom stereocenters. The highest BCUT2D eigenvalue weighted by molar-refractivity contribution is 5.37. The maximum atomic E-state index is 6.13. The Morgan fingerprint density at radius 2 is 2.05 bits per heavy atom. The average Bonchev–Trinajstić information content (AvgIpc) is 2.92. The van der Waals surface area contributed by atoms with Crippen LogP contribution < -0.4 is 10.1 Å². The zero-order valence-corrected chi connectivity index (χ0v) is 13.6. The number of hydrogen-bond acceptors (Lipinski definition) is 3. The van der Waals surface area contributed by atoms with Gasteiger partial charge in [-0.2, -0.15) is 0 Å². The number of para-hydroxylation sites is 1. The first-order valence-corrected chi connectivity index (χ1v) is 8.39. The van der Waals surface area contributed by atoms with Gasteiger partial charge < -0.3 is 10.1 Å². The Kier molecular flexibility index (Phi) is 4.23. The number of piperazine rings is 1. The van der Waals surface area contributed by atoms with Gasteiger partial charge in [-0.3, -0.25) is 4.90 Å². The van der Waals surface area contributed by atoms with Gasteiger partial charge in [0.25, 0.3) is 0 Å². The number of ether oxygens (including phenoxy) is 1. The highest BCUT2D eigenvalue weighted by Gasteiger charge is 2.37. The Labute approximate surface area is 128 Å². The number of nitrogens with zero attached hydrogens (tertiary/aromatic N) is 1. The Morgan fingerprint density at radius 1 is 1.29 bits per heavy atom. The molecular weight excluding hydrogens is 260 g/mol. The molecule has 2 heterocycles. The molecule has 1 aromatic carbocycles. The van der Waals surface area contributed by atoms with Crippen LogP contribution in [0.1, 0.15) is 39.2 Å². The van der Waals surface area contributed by atoms with Crippen molar-refractivity contribution < 1.29 is 4.74 Å². The first-order valence-electron chi connectivity index (χ1n) is 8.39. The molecule has 0 amide bonds. The second-order valence-corrected chi connectivity index (χ2v) is 6.70. The third-order valence-electron chi connectivity index (χ3n) is 5.41. The van der Waals surface area contributed by atoms with Crippen LogP contribution in [0.2, 0.25) is 0 Å². The summed E-state index contributed by atoms with van der Waals surface area (Å²) in [5.74, 6) is 1.09. The summed E-state index contributed by atoms with van der Waals surface area (Å²) in [5, 5.41) is 3.77. The molecule has 0 bridgehead atoms. The summed E-state index contributed by atoms with van der Waals surface area (Å²) in [6.07, 6.45) is 3.75. The largest absolute Gasteiger partial charge is 0.488 e. The van der Waals surface area contributed by atoms with Crippen molar-refractivity contribution in [3.63, 3.8) is 0 Å². The minimum Gasteiger partial charge on any atom is -0.488 e. The normalized spacial score (nSPS) is 28.1. The Hall–Kier alpha value is -1.06. The van der Waals surface area contributed by atoms with Gasteiger partial charge in [0.15, 0.2) is 0 Å². The standard InChI is InChI=1S/C18H28N2O/c1-4-18(5-2)13-20(14(3)11-19-18)12-16-10-15-8-6-7-9-17(15)21-16/h6-9,14,16,19H,4-5,10-13H2,1-3H3. The molecule has 2 atom stereocenters. The van der Waals surface area contributed by atoms with E-state index in [4.69, 9.17) is 4.74 Å². The maximum Gasteiger partial charge on any atom is 0.123 e. The van der Waals surface area contributed by atoms with Gasteiger partial charge in [0, 0.05) is 37.6 Å². The highest BCUT2D eigenvalue weighted by Crippen LogP contribution is 2.30. The first-order chi connectivity index (χ1) is 10.2. The molecule has 0 aliphatic carbocycles. The monoisotopic (exact) mass is 288 g/mol. The molecule has 0 aromatic heterocycles. The lowest BCUT2D eigenvalue weighted by Gasteiger charge is -2.47. The van der Waals surface area contributed by atoms with Crippen LogP contribution in [0.3, 0.4) is 0 Å². The maximum absolute atomic E-state index is 6.13. The fourth-order valence-corrected chi connectivity index (χ4v) is 3.68. The van der Waals surface area contributed by atoms with Gasteiger partial charge in [-0.05, 0) is 31.4 Å². The Bertz CT molecular complexity index is 459. The van der Waals surface area contributed by atoms with Gasteiger partial charge in [-0.15, -0.1) is 0 Å². The predicted octanol–water partition coefficient (Wildman–Crippen LogP) is 2.84. The minimum absolute atomic E-state index is 0.290. The van der Waals surface area contributed by atoms with Crippen LogP contribution in [0.15, 0.2) is 24.3 Å². The van der Waals surface area contributed by atoms with Crippen molar-refractivity contribution in [1.29, 1.82) is 0 Å². The van der Waals surface area contributed by atoms with Crippen LogP contribution in [0, 0.1) is 0 Å². The second-order valence-electron chi connectivity index (χ2n) is 6.70. The summed E-state index contributed by atoms with van der Waals surface area (Å²) in [6.45, 7) is 10.2. The second kappa shape index (κ2) is 5.98. The lowest BCUT2D eigenvalue weighted by atomic mass is 9.88. The highest BCUT2D eigenvalue weighted by atomic mass is 16.5. The van der Waals surface area contributed by atoms with E-state index in [9.17, 15) is 0 Å². The smallest absolute Gasteiger partial charge is 0.123 e. The van der Waals surface area contributed by atoms with Crippen LogP contribution in [0.5, 0.6) is 5.75 Å². The molecule has 0 radical (unpaired) electrons. The van der Waals surface area contributed by atoms with E-state index in [1.807, 2.05) is 0 Å². The van der Waals surface area contributed by atoms with Gasteiger partial charge in [-0.25, -0.2) is 0 Å². The molecule has 2 aliphatic rings. The van der Waals surface area contributed by atoms with Crippen molar-refractivity contribution in [3.05, 3.63) is 29.8 Å². The van der Waals surface area contributed by atoms with Gasteiger partial charge in [0.05, 0.1) is 0 Å². The molecule has 2 aliphatic heterocycles. The molecule has 3 rings (SSSR count). The van der Waals surface area contributed by atoms with Gasteiger partial charge in [0.1, 0.15) is 11.9 Å². The minimum atomic E-state index is 0.290. The van der Waals surface area contributed by atoms with E-state index in [2.05, 4.69) is 55.3 Å². The van der Waals surface area contributed by atoms with Crippen molar-refractivity contribution >= 4 is 0 Å². The summed E-state index contributed by atoms with van der Waals surface area (Å²) in [4.78, 5) is 2.63. The van der Waals surface area contributed by atoms with Crippen molar-refractivity contribution in [3.8, 4) is 5.75 Å². The SMILES string of the molecule is CCC1(CC)CN(CC2Cc3ccccc3O2)C(C)CN1. The Morgan fingerprint density at radius 3 is 2.76 bits per heavy atom. The lowest BCUT2D eigenvalue weighted by molar-refractivity contribution is 0.0493. The summed E-state index contributed by atoms with van der Waals surface area (Å²) >= 11 is 0. The van der Waals surface area contributed by atoms with Gasteiger partial charge in [-0.1, -0.05) is 32.0 Å². The summed E-state index contributed by atoms with van der Waals surface area (Å²) in [5.41, 5.74) is 1.65. The number of hydrogen-bond donors (Lipinski definition) is 1. The fraction of sp³-hybridized carbons (Fsp3) is 0.667. The number of rotatable bonds is 4. The molecule has 1 N–H and O–H groups in total. The molecule has 1 saturated heterocycles. The van der Waals surface area contributed by atoms with E-state index in [1.54, 1.807) is 0 Å². The van der Waals surface area contributed by atoms with E-state index in [-0.39, 0.29) is 5.54 Å². The molecule has 1 fully saturated rings. The molecular formula is C18H28N2O. The zero-order chi connectivity index (χ0) is 14.9. The summed E-state index contributed by atoms with van der Waals surface area (Å²) < 4.78 is 6.13. The molecule has 1 aromatic rings. The van der Waals surface area contributed by atoms with Crippen molar-refractivity contribution in [2.75, 3.05) is 19.6 Å². The van der Waals surface area contributed by atoms with Crippen LogP contribution in [-0.4, -0.2) is 42.2 Å². The predicted molar refractivity (Wildman–Crippen MR) is 86.9 cm³/mol. The summed E-state index contributed by atoms with van der Waals surface area (Å²) in [7, 11) is 0. The average molecular weight is 288 g/mol. The first kappa shape index (κ1) is 14.9. The van der Waals surface area contributed by atoms with Gasteiger partial charge >= 0.3 is 0 Å². The van der Waals surface area contributed by atoms with Crippen LogP contribution in [0.4, 0.5) is 0 Å². The number of fused-ring (bicyclic) bond motifs is 1. The number of benzene rings is 1. The van der Waals surface area contributed by atoms with E-state index in [0.29, 0.717) is 12.1 Å². The van der Waals surface area contributed by atoms with Crippen molar-refractivity contribution in [1.82, 2.24) is 10.2 Å². The van der Waals surface area contributed by atoms with Crippen LogP contribution in [0.25, 0.3) is 0 Å².